The third-order valence-corrected chi connectivity index (χ3v) is 6.22. The van der Waals surface area contributed by atoms with Crippen molar-refractivity contribution in [2.75, 3.05) is 37.7 Å². The molecule has 1 aliphatic rings. The molecule has 0 radical (unpaired) electrons. The van der Waals surface area contributed by atoms with Crippen LogP contribution in [0.5, 0.6) is 5.75 Å². The average molecular weight is 455 g/mol. The van der Waals surface area contributed by atoms with Crippen LogP contribution >= 0.6 is 0 Å². The molecule has 1 saturated heterocycles. The Labute approximate surface area is 201 Å². The van der Waals surface area contributed by atoms with Crippen molar-refractivity contribution in [3.8, 4) is 17.5 Å². The van der Waals surface area contributed by atoms with E-state index in [0.717, 1.165) is 47.2 Å². The highest BCUT2D eigenvalue weighted by atomic mass is 16.5. The number of para-hydroxylation sites is 1. The highest BCUT2D eigenvalue weighted by Gasteiger charge is 2.24. The molecule has 0 spiro atoms. The standard InChI is InChI=1S/C28H30N4O2/c1-4-34-27-12-10-26(11-13-27)32-21(2)18-23(22(32)3)19-24(20-29)28(33)31-16-14-30(15-17-31)25-8-6-5-7-9-25/h5-13,18-19H,4,14-17H2,1-3H3/b24-19-. The molecule has 2 heterocycles. The summed E-state index contributed by atoms with van der Waals surface area (Å²) in [5.74, 6) is 0.625. The molecule has 1 aromatic heterocycles. The number of ether oxygens (including phenoxy) is 1. The fraction of sp³-hybridized carbons (Fsp3) is 0.286. The third-order valence-electron chi connectivity index (χ3n) is 6.22. The van der Waals surface area contributed by atoms with E-state index in [4.69, 9.17) is 4.74 Å². The lowest BCUT2D eigenvalue weighted by molar-refractivity contribution is -0.126. The second kappa shape index (κ2) is 10.3. The largest absolute Gasteiger partial charge is 0.494 e. The summed E-state index contributed by atoms with van der Waals surface area (Å²) in [7, 11) is 0. The van der Waals surface area contributed by atoms with Crippen LogP contribution in [0.3, 0.4) is 0 Å². The van der Waals surface area contributed by atoms with E-state index >= 15 is 0 Å². The average Bonchev–Trinajstić information content (AvgIpc) is 3.16. The Bertz CT molecular complexity index is 1210. The Morgan fingerprint density at radius 3 is 2.29 bits per heavy atom. The summed E-state index contributed by atoms with van der Waals surface area (Å²) in [6.07, 6.45) is 1.72. The molecule has 0 aliphatic carbocycles. The summed E-state index contributed by atoms with van der Waals surface area (Å²) in [5, 5.41) is 9.79. The van der Waals surface area contributed by atoms with Crippen LogP contribution in [0.2, 0.25) is 0 Å². The van der Waals surface area contributed by atoms with Gasteiger partial charge in [-0.15, -0.1) is 0 Å². The normalized spacial score (nSPS) is 14.1. The maximum Gasteiger partial charge on any atom is 0.264 e. The Hall–Kier alpha value is -3.98. The van der Waals surface area contributed by atoms with E-state index in [2.05, 4.69) is 27.7 Å². The van der Waals surface area contributed by atoms with Gasteiger partial charge in [-0.2, -0.15) is 5.26 Å². The predicted molar refractivity (Wildman–Crippen MR) is 135 cm³/mol. The lowest BCUT2D eigenvalue weighted by Crippen LogP contribution is -2.49. The Balaban J connectivity index is 1.51. The monoisotopic (exact) mass is 454 g/mol. The van der Waals surface area contributed by atoms with E-state index in [-0.39, 0.29) is 11.5 Å². The molecule has 0 atom stereocenters. The van der Waals surface area contributed by atoms with Gasteiger partial charge in [0, 0.05) is 48.9 Å². The molecule has 34 heavy (non-hydrogen) atoms. The van der Waals surface area contributed by atoms with E-state index in [0.29, 0.717) is 19.7 Å². The minimum Gasteiger partial charge on any atom is -0.494 e. The van der Waals surface area contributed by atoms with Gasteiger partial charge in [-0.3, -0.25) is 4.79 Å². The highest BCUT2D eigenvalue weighted by molar-refractivity contribution is 6.02. The van der Waals surface area contributed by atoms with Gasteiger partial charge in [0.2, 0.25) is 0 Å². The van der Waals surface area contributed by atoms with E-state index in [1.54, 1.807) is 11.0 Å². The Morgan fingerprint density at radius 1 is 1.00 bits per heavy atom. The molecule has 3 aromatic rings. The lowest BCUT2D eigenvalue weighted by atomic mass is 10.1. The number of aromatic nitrogens is 1. The van der Waals surface area contributed by atoms with Crippen molar-refractivity contribution in [3.63, 3.8) is 0 Å². The summed E-state index contributed by atoms with van der Waals surface area (Å²) in [4.78, 5) is 17.2. The van der Waals surface area contributed by atoms with Crippen molar-refractivity contribution >= 4 is 17.7 Å². The molecule has 1 amide bonds. The predicted octanol–water partition coefficient (Wildman–Crippen LogP) is 4.75. The van der Waals surface area contributed by atoms with Gasteiger partial charge in [-0.05, 0) is 74.9 Å². The van der Waals surface area contributed by atoms with Crippen LogP contribution in [-0.4, -0.2) is 48.2 Å². The van der Waals surface area contributed by atoms with Crippen molar-refractivity contribution < 1.29 is 9.53 Å². The number of aryl methyl sites for hydroxylation is 1. The number of rotatable bonds is 6. The van der Waals surface area contributed by atoms with Gasteiger partial charge in [0.1, 0.15) is 17.4 Å². The van der Waals surface area contributed by atoms with Crippen molar-refractivity contribution in [2.45, 2.75) is 20.8 Å². The van der Waals surface area contributed by atoms with Gasteiger partial charge in [0.05, 0.1) is 6.61 Å². The zero-order valence-electron chi connectivity index (χ0n) is 20.0. The fourth-order valence-electron chi connectivity index (χ4n) is 4.46. The number of carbonyl (C=O) groups excluding carboxylic acids is 1. The first-order valence-electron chi connectivity index (χ1n) is 11.6. The second-order valence-electron chi connectivity index (χ2n) is 8.37. The van der Waals surface area contributed by atoms with Gasteiger partial charge in [0.25, 0.3) is 5.91 Å². The molecule has 1 aliphatic heterocycles. The topological polar surface area (TPSA) is 61.5 Å². The molecule has 0 unspecified atom stereocenters. The Kier molecular flexibility index (Phi) is 7.03. The number of anilines is 1. The first kappa shape index (κ1) is 23.2. The highest BCUT2D eigenvalue weighted by Crippen LogP contribution is 2.25. The van der Waals surface area contributed by atoms with Crippen LogP contribution in [0.1, 0.15) is 23.9 Å². The van der Waals surface area contributed by atoms with Crippen LogP contribution in [0.15, 0.2) is 66.2 Å². The van der Waals surface area contributed by atoms with Gasteiger partial charge < -0.3 is 19.1 Å². The number of hydrogen-bond acceptors (Lipinski definition) is 4. The fourth-order valence-corrected chi connectivity index (χ4v) is 4.46. The number of nitrogens with zero attached hydrogens (tertiary/aromatic N) is 4. The maximum absolute atomic E-state index is 13.1. The van der Waals surface area contributed by atoms with Crippen molar-refractivity contribution in [1.29, 1.82) is 5.26 Å². The number of benzene rings is 2. The SMILES string of the molecule is CCOc1ccc(-n2c(C)cc(/C=C(/C#N)C(=O)N3CCN(c4ccccc4)CC3)c2C)cc1. The van der Waals surface area contributed by atoms with Gasteiger partial charge in [-0.25, -0.2) is 0 Å². The first-order chi connectivity index (χ1) is 16.5. The molecule has 4 rings (SSSR count). The minimum absolute atomic E-state index is 0.167. The number of nitriles is 1. The van der Waals surface area contributed by atoms with E-state index in [1.807, 2.05) is 69.3 Å². The summed E-state index contributed by atoms with van der Waals surface area (Å²) >= 11 is 0. The molecular weight excluding hydrogens is 424 g/mol. The molecular formula is C28H30N4O2. The summed E-state index contributed by atoms with van der Waals surface area (Å²) in [5.41, 5.74) is 5.23. The van der Waals surface area contributed by atoms with Gasteiger partial charge >= 0.3 is 0 Å². The van der Waals surface area contributed by atoms with Gasteiger partial charge in [0.15, 0.2) is 0 Å². The van der Waals surface area contributed by atoms with E-state index in [1.165, 1.54) is 0 Å². The zero-order valence-corrected chi connectivity index (χ0v) is 20.0. The van der Waals surface area contributed by atoms with Crippen LogP contribution in [-0.2, 0) is 4.79 Å². The first-order valence-corrected chi connectivity index (χ1v) is 11.6. The van der Waals surface area contributed by atoms with E-state index in [9.17, 15) is 10.1 Å². The van der Waals surface area contributed by atoms with Crippen LogP contribution in [0.25, 0.3) is 11.8 Å². The molecule has 6 heteroatoms. The van der Waals surface area contributed by atoms with Crippen LogP contribution in [0, 0.1) is 25.2 Å². The smallest absolute Gasteiger partial charge is 0.264 e. The molecule has 1 fully saturated rings. The number of carbonyl (C=O) groups is 1. The number of piperazine rings is 1. The van der Waals surface area contributed by atoms with Crippen molar-refractivity contribution in [3.05, 3.63) is 83.2 Å². The summed E-state index contributed by atoms with van der Waals surface area (Å²) in [6, 6.07) is 22.3. The van der Waals surface area contributed by atoms with Gasteiger partial charge in [-0.1, -0.05) is 18.2 Å². The second-order valence-corrected chi connectivity index (χ2v) is 8.37. The molecule has 6 nitrogen and oxygen atoms in total. The van der Waals surface area contributed by atoms with E-state index < -0.39 is 0 Å². The summed E-state index contributed by atoms with van der Waals surface area (Å²) < 4.78 is 7.67. The number of amides is 1. The quantitative estimate of drug-likeness (QED) is 0.398. The summed E-state index contributed by atoms with van der Waals surface area (Å²) in [6.45, 7) is 9.31. The van der Waals surface area contributed by atoms with Crippen molar-refractivity contribution in [1.82, 2.24) is 9.47 Å². The van der Waals surface area contributed by atoms with Crippen LogP contribution in [0.4, 0.5) is 5.69 Å². The third kappa shape index (κ3) is 4.84. The molecule has 2 aromatic carbocycles. The molecule has 174 valence electrons. The Morgan fingerprint density at radius 2 is 1.68 bits per heavy atom. The number of hydrogen-bond donors (Lipinski definition) is 0. The maximum atomic E-state index is 13.1. The molecule has 0 N–H and O–H groups in total. The van der Waals surface area contributed by atoms with Crippen LogP contribution < -0.4 is 9.64 Å². The lowest BCUT2D eigenvalue weighted by Gasteiger charge is -2.36. The molecule has 0 saturated carbocycles. The minimum atomic E-state index is -0.207. The van der Waals surface area contributed by atoms with Crippen molar-refractivity contribution in [2.24, 2.45) is 0 Å². The molecule has 0 bridgehead atoms. The zero-order chi connectivity index (χ0) is 24.1.